The topological polar surface area (TPSA) is 116 Å². The number of carbonyl (C=O) groups excluding carboxylic acids is 1. The van der Waals surface area contributed by atoms with Crippen molar-refractivity contribution in [3.63, 3.8) is 0 Å². The van der Waals surface area contributed by atoms with Gasteiger partial charge >= 0.3 is 12.1 Å². The van der Waals surface area contributed by atoms with E-state index in [1.807, 2.05) is 0 Å². The fraction of sp³-hybridized carbons (Fsp3) is 0.818. The van der Waals surface area contributed by atoms with Crippen LogP contribution in [0.1, 0.15) is 34.1 Å². The monoisotopic (exact) mass is 270 g/mol. The molecule has 1 amide bonds. The highest BCUT2D eigenvalue weighted by Gasteiger charge is 2.54. The van der Waals surface area contributed by atoms with E-state index in [0.717, 1.165) is 4.90 Å². The molecule has 1 fully saturated rings. The summed E-state index contributed by atoms with van der Waals surface area (Å²) < 4.78 is 5.18. The molecular weight excluding hydrogens is 252 g/mol. The summed E-state index contributed by atoms with van der Waals surface area (Å²) in [6.45, 7) is 6.64. The Kier molecular flexibility index (Phi) is 3.95. The zero-order valence-electron chi connectivity index (χ0n) is 11.5. The van der Waals surface area contributed by atoms with Crippen molar-refractivity contribution in [2.75, 3.05) is 6.54 Å². The molecule has 0 aromatic carbocycles. The van der Waals surface area contributed by atoms with Gasteiger partial charge in [-0.25, -0.2) is 9.59 Å². The Morgan fingerprint density at radius 3 is 2.53 bits per heavy atom. The Labute approximate surface area is 111 Å². The average Bonchev–Trinajstić information content (AvgIpc) is 2.56. The summed E-state index contributed by atoms with van der Waals surface area (Å²) >= 11 is 0. The largest absolute Gasteiger partial charge is 0.479 e. The van der Waals surface area contributed by atoms with E-state index in [-0.39, 0.29) is 6.54 Å². The molecule has 1 aliphatic rings. The summed E-state index contributed by atoms with van der Waals surface area (Å²) in [4.78, 5) is 27.3. The number of carboxylic acid groups (broad SMARTS) is 1. The number of azide groups is 1. The SMILES string of the molecule is CC(C)(C)OC(=O)N1CC[C@H](N=[N+]=[N-])[C@@]1(C)C(=O)O. The van der Waals surface area contributed by atoms with Crippen molar-refractivity contribution in [3.8, 4) is 0 Å². The van der Waals surface area contributed by atoms with Crippen molar-refractivity contribution in [1.29, 1.82) is 0 Å². The third-order valence-electron chi connectivity index (χ3n) is 3.07. The van der Waals surface area contributed by atoms with Gasteiger partial charge in [0.05, 0.1) is 6.04 Å². The molecule has 8 heteroatoms. The van der Waals surface area contributed by atoms with Gasteiger partial charge in [-0.1, -0.05) is 5.11 Å². The summed E-state index contributed by atoms with van der Waals surface area (Å²) in [5.74, 6) is -1.21. The summed E-state index contributed by atoms with van der Waals surface area (Å²) in [6, 6.07) is -0.803. The minimum Gasteiger partial charge on any atom is -0.479 e. The first-order valence-corrected chi connectivity index (χ1v) is 5.91. The fourth-order valence-electron chi connectivity index (χ4n) is 2.03. The summed E-state index contributed by atoms with van der Waals surface area (Å²) in [5.41, 5.74) is 6.19. The van der Waals surface area contributed by atoms with Crippen molar-refractivity contribution in [1.82, 2.24) is 4.90 Å². The van der Waals surface area contributed by atoms with Crippen LogP contribution in [-0.2, 0) is 9.53 Å². The van der Waals surface area contributed by atoms with Crippen molar-refractivity contribution in [2.24, 2.45) is 5.11 Å². The van der Waals surface area contributed by atoms with E-state index in [1.165, 1.54) is 6.92 Å². The molecule has 1 aliphatic heterocycles. The summed E-state index contributed by atoms with van der Waals surface area (Å²) in [6.07, 6.45) is -0.417. The normalized spacial score (nSPS) is 26.7. The highest BCUT2D eigenvalue weighted by Crippen LogP contribution is 2.33. The molecule has 0 radical (unpaired) electrons. The van der Waals surface area contributed by atoms with Crippen LogP contribution in [-0.4, -0.2) is 45.8 Å². The van der Waals surface area contributed by atoms with E-state index in [2.05, 4.69) is 10.0 Å². The predicted molar refractivity (Wildman–Crippen MR) is 66.5 cm³/mol. The first kappa shape index (κ1) is 15.1. The van der Waals surface area contributed by atoms with Crippen LogP contribution in [0.25, 0.3) is 10.4 Å². The lowest BCUT2D eigenvalue weighted by Gasteiger charge is -2.34. The molecule has 2 atom stereocenters. The number of hydrogen-bond donors (Lipinski definition) is 1. The van der Waals surface area contributed by atoms with Crippen molar-refractivity contribution < 1.29 is 19.4 Å². The maximum Gasteiger partial charge on any atom is 0.411 e. The number of hydrogen-bond acceptors (Lipinski definition) is 4. The van der Waals surface area contributed by atoms with Crippen LogP contribution in [0.3, 0.4) is 0 Å². The first-order valence-electron chi connectivity index (χ1n) is 5.91. The summed E-state index contributed by atoms with van der Waals surface area (Å²) in [5, 5.41) is 12.8. The number of amides is 1. The highest BCUT2D eigenvalue weighted by atomic mass is 16.6. The molecule has 0 saturated carbocycles. The fourth-order valence-corrected chi connectivity index (χ4v) is 2.03. The lowest BCUT2D eigenvalue weighted by Crippen LogP contribution is -2.56. The summed E-state index contributed by atoms with van der Waals surface area (Å²) in [7, 11) is 0. The number of ether oxygens (including phenoxy) is 1. The molecule has 1 N–H and O–H groups in total. The van der Waals surface area contributed by atoms with E-state index in [4.69, 9.17) is 10.3 Å². The zero-order chi connectivity index (χ0) is 14.8. The van der Waals surface area contributed by atoms with Gasteiger partial charge in [0.2, 0.25) is 0 Å². The number of aliphatic carboxylic acids is 1. The third-order valence-corrected chi connectivity index (χ3v) is 3.07. The number of rotatable bonds is 2. The van der Waals surface area contributed by atoms with Crippen molar-refractivity contribution in [2.45, 2.75) is 51.3 Å². The lowest BCUT2D eigenvalue weighted by molar-refractivity contribution is -0.148. The number of likely N-dealkylation sites (tertiary alicyclic amines) is 1. The Morgan fingerprint density at radius 2 is 2.11 bits per heavy atom. The molecule has 19 heavy (non-hydrogen) atoms. The Balaban J connectivity index is 3.05. The quantitative estimate of drug-likeness (QED) is 0.470. The van der Waals surface area contributed by atoms with E-state index in [1.54, 1.807) is 20.8 Å². The van der Waals surface area contributed by atoms with Gasteiger partial charge in [-0.05, 0) is 39.6 Å². The van der Waals surface area contributed by atoms with Gasteiger partial charge in [-0.3, -0.25) is 4.90 Å². The van der Waals surface area contributed by atoms with E-state index >= 15 is 0 Å². The zero-order valence-corrected chi connectivity index (χ0v) is 11.5. The number of nitrogens with zero attached hydrogens (tertiary/aromatic N) is 4. The maximum absolute atomic E-state index is 12.0. The average molecular weight is 270 g/mol. The predicted octanol–water partition coefficient (Wildman–Crippen LogP) is 2.15. The molecule has 0 unspecified atom stereocenters. The van der Waals surface area contributed by atoms with Crippen LogP contribution in [0, 0.1) is 0 Å². The molecule has 0 bridgehead atoms. The van der Waals surface area contributed by atoms with Crippen LogP contribution in [0.15, 0.2) is 5.11 Å². The molecule has 0 spiro atoms. The van der Waals surface area contributed by atoms with Gasteiger partial charge < -0.3 is 9.84 Å². The van der Waals surface area contributed by atoms with Gasteiger partial charge in [0.1, 0.15) is 11.1 Å². The van der Waals surface area contributed by atoms with Crippen LogP contribution in [0.4, 0.5) is 4.79 Å². The van der Waals surface area contributed by atoms with Gasteiger partial charge in [0, 0.05) is 11.5 Å². The van der Waals surface area contributed by atoms with Crippen molar-refractivity contribution in [3.05, 3.63) is 10.4 Å². The van der Waals surface area contributed by atoms with Crippen molar-refractivity contribution >= 4 is 12.1 Å². The van der Waals surface area contributed by atoms with Crippen LogP contribution < -0.4 is 0 Å². The molecule has 106 valence electrons. The van der Waals surface area contributed by atoms with Crippen LogP contribution >= 0.6 is 0 Å². The van der Waals surface area contributed by atoms with E-state index in [0.29, 0.717) is 6.42 Å². The molecular formula is C11H18N4O4. The molecule has 0 aliphatic carbocycles. The molecule has 1 rings (SSSR count). The molecule has 1 heterocycles. The second-order valence-corrected chi connectivity index (χ2v) is 5.59. The second-order valence-electron chi connectivity index (χ2n) is 5.59. The number of carboxylic acids is 1. The van der Waals surface area contributed by atoms with Gasteiger partial charge in [-0.2, -0.15) is 0 Å². The third kappa shape index (κ3) is 2.90. The van der Waals surface area contributed by atoms with E-state index < -0.39 is 29.2 Å². The standard InChI is InChI=1S/C11H18N4O4/c1-10(2,3)19-9(18)15-6-5-7(13-14-12)11(15,4)8(16)17/h7H,5-6H2,1-4H3,(H,16,17)/t7-,11-/m0/s1. The molecule has 1 saturated heterocycles. The van der Waals surface area contributed by atoms with Gasteiger partial charge in [0.25, 0.3) is 0 Å². The highest BCUT2D eigenvalue weighted by molar-refractivity contribution is 5.86. The van der Waals surface area contributed by atoms with Crippen LogP contribution in [0.2, 0.25) is 0 Å². The maximum atomic E-state index is 12.0. The Morgan fingerprint density at radius 1 is 1.53 bits per heavy atom. The Hall–Kier alpha value is -1.95. The van der Waals surface area contributed by atoms with Gasteiger partial charge in [0.15, 0.2) is 0 Å². The first-order chi connectivity index (χ1) is 8.63. The minimum absolute atomic E-state index is 0.182. The second kappa shape index (κ2) is 4.97. The number of carbonyl (C=O) groups is 2. The minimum atomic E-state index is -1.57. The molecule has 8 nitrogen and oxygen atoms in total. The van der Waals surface area contributed by atoms with E-state index in [9.17, 15) is 14.7 Å². The lowest BCUT2D eigenvalue weighted by atomic mass is 9.94. The van der Waals surface area contributed by atoms with Gasteiger partial charge in [-0.15, -0.1) is 0 Å². The molecule has 0 aromatic heterocycles. The Bertz CT molecular complexity index is 438. The smallest absolute Gasteiger partial charge is 0.411 e. The molecule has 0 aromatic rings. The van der Waals surface area contributed by atoms with Crippen LogP contribution in [0.5, 0.6) is 0 Å².